The van der Waals surface area contributed by atoms with Crippen LogP contribution in [0, 0.1) is 0 Å². The maximum atomic E-state index is 12.0. The number of carbonyl (C=O) groups excluding carboxylic acids is 1. The van der Waals surface area contributed by atoms with E-state index in [9.17, 15) is 4.79 Å². The molecule has 1 aliphatic rings. The smallest absolute Gasteiger partial charge is 0.410 e. The lowest BCUT2D eigenvalue weighted by Gasteiger charge is -2.26. The zero-order valence-electron chi connectivity index (χ0n) is 12.9. The normalized spacial score (nSPS) is 17.9. The van der Waals surface area contributed by atoms with Crippen LogP contribution in [0.15, 0.2) is 0 Å². The van der Waals surface area contributed by atoms with E-state index in [1.807, 2.05) is 20.8 Å². The molecule has 1 heterocycles. The van der Waals surface area contributed by atoms with Crippen molar-refractivity contribution < 1.29 is 19.4 Å². The second-order valence-electron chi connectivity index (χ2n) is 6.00. The zero-order chi connectivity index (χ0) is 15.0. The molecule has 0 aromatic carbocycles. The van der Waals surface area contributed by atoms with Crippen molar-refractivity contribution in [1.82, 2.24) is 9.80 Å². The lowest BCUT2D eigenvalue weighted by atomic mass is 10.2. The second kappa shape index (κ2) is 8.44. The van der Waals surface area contributed by atoms with Gasteiger partial charge in [0, 0.05) is 26.2 Å². The van der Waals surface area contributed by atoms with Gasteiger partial charge in [0.15, 0.2) is 0 Å². The molecular formula is C14H28N2O4. The minimum absolute atomic E-state index is 0.0619. The number of aliphatic hydroxyl groups is 1. The van der Waals surface area contributed by atoms with Crippen LogP contribution in [0.1, 0.15) is 27.2 Å². The molecule has 20 heavy (non-hydrogen) atoms. The van der Waals surface area contributed by atoms with E-state index >= 15 is 0 Å². The maximum absolute atomic E-state index is 12.0. The summed E-state index contributed by atoms with van der Waals surface area (Å²) >= 11 is 0. The molecule has 0 aromatic rings. The number of ether oxygens (including phenoxy) is 2. The van der Waals surface area contributed by atoms with Crippen molar-refractivity contribution in [1.29, 1.82) is 0 Å². The summed E-state index contributed by atoms with van der Waals surface area (Å²) in [5.41, 5.74) is -0.443. The van der Waals surface area contributed by atoms with Gasteiger partial charge in [0.1, 0.15) is 5.60 Å². The molecule has 0 spiro atoms. The van der Waals surface area contributed by atoms with Crippen LogP contribution in [0.3, 0.4) is 0 Å². The van der Waals surface area contributed by atoms with Crippen LogP contribution in [0.25, 0.3) is 0 Å². The third-order valence-electron chi connectivity index (χ3n) is 3.03. The Hall–Kier alpha value is -0.850. The first kappa shape index (κ1) is 17.2. The fraction of sp³-hybridized carbons (Fsp3) is 0.929. The monoisotopic (exact) mass is 288 g/mol. The Kier molecular flexibility index (Phi) is 7.26. The van der Waals surface area contributed by atoms with Crippen molar-refractivity contribution in [3.8, 4) is 0 Å². The summed E-state index contributed by atoms with van der Waals surface area (Å²) in [5.74, 6) is 0. The second-order valence-corrected chi connectivity index (χ2v) is 6.00. The van der Waals surface area contributed by atoms with E-state index in [1.165, 1.54) is 0 Å². The number of nitrogens with zero attached hydrogens (tertiary/aromatic N) is 2. The first-order chi connectivity index (χ1) is 9.42. The minimum Gasteiger partial charge on any atom is -0.444 e. The third-order valence-corrected chi connectivity index (χ3v) is 3.03. The van der Waals surface area contributed by atoms with E-state index in [0.29, 0.717) is 19.8 Å². The number of hydrogen-bond donors (Lipinski definition) is 1. The molecule has 1 rings (SSSR count). The highest BCUT2D eigenvalue weighted by molar-refractivity contribution is 5.68. The van der Waals surface area contributed by atoms with Gasteiger partial charge in [0.25, 0.3) is 0 Å². The van der Waals surface area contributed by atoms with Crippen LogP contribution < -0.4 is 0 Å². The molecule has 0 radical (unpaired) electrons. The van der Waals surface area contributed by atoms with E-state index in [1.54, 1.807) is 4.90 Å². The van der Waals surface area contributed by atoms with Crippen molar-refractivity contribution in [2.24, 2.45) is 0 Å². The quantitative estimate of drug-likeness (QED) is 0.763. The molecule has 0 unspecified atom stereocenters. The van der Waals surface area contributed by atoms with Crippen LogP contribution in [-0.2, 0) is 9.47 Å². The van der Waals surface area contributed by atoms with Gasteiger partial charge < -0.3 is 19.5 Å². The molecule has 0 atom stereocenters. The first-order valence-corrected chi connectivity index (χ1v) is 7.31. The summed E-state index contributed by atoms with van der Waals surface area (Å²) in [4.78, 5) is 16.1. The summed E-state index contributed by atoms with van der Waals surface area (Å²) < 4.78 is 10.7. The summed E-state index contributed by atoms with van der Waals surface area (Å²) in [7, 11) is 0. The molecule has 0 saturated carbocycles. The standard InChI is InChI=1S/C14H28N2O4/c1-14(2,3)20-13(18)16-6-4-5-15(7-8-16)9-11-19-12-10-17/h17H,4-12H2,1-3H3. The summed E-state index contributed by atoms with van der Waals surface area (Å²) in [6.45, 7) is 10.8. The Bertz CT molecular complexity index is 291. The van der Waals surface area contributed by atoms with Crippen LogP contribution in [0.4, 0.5) is 4.79 Å². The minimum atomic E-state index is -0.443. The van der Waals surface area contributed by atoms with Crippen molar-refractivity contribution >= 4 is 6.09 Å². The highest BCUT2D eigenvalue weighted by atomic mass is 16.6. The summed E-state index contributed by atoms with van der Waals surface area (Å²) in [5, 5.41) is 8.64. The van der Waals surface area contributed by atoms with E-state index < -0.39 is 5.60 Å². The average Bonchev–Trinajstić information content (AvgIpc) is 2.58. The Balaban J connectivity index is 2.30. The summed E-state index contributed by atoms with van der Waals surface area (Å²) in [6, 6.07) is 0. The Morgan fingerprint density at radius 3 is 2.55 bits per heavy atom. The molecule has 0 bridgehead atoms. The number of amides is 1. The maximum Gasteiger partial charge on any atom is 0.410 e. The molecule has 1 fully saturated rings. The molecule has 1 aliphatic heterocycles. The first-order valence-electron chi connectivity index (χ1n) is 7.31. The highest BCUT2D eigenvalue weighted by Gasteiger charge is 2.24. The average molecular weight is 288 g/mol. The Morgan fingerprint density at radius 1 is 1.15 bits per heavy atom. The molecular weight excluding hydrogens is 260 g/mol. The SMILES string of the molecule is CC(C)(C)OC(=O)N1CCCN(CCOCCO)CC1. The molecule has 118 valence electrons. The van der Waals surface area contributed by atoms with Gasteiger partial charge in [-0.25, -0.2) is 4.79 Å². The van der Waals surface area contributed by atoms with Gasteiger partial charge in [-0.15, -0.1) is 0 Å². The van der Waals surface area contributed by atoms with Gasteiger partial charge >= 0.3 is 6.09 Å². The Labute approximate surface area is 121 Å². The molecule has 0 aliphatic carbocycles. The van der Waals surface area contributed by atoms with Crippen LogP contribution in [0.5, 0.6) is 0 Å². The largest absolute Gasteiger partial charge is 0.444 e. The lowest BCUT2D eigenvalue weighted by Crippen LogP contribution is -2.39. The topological polar surface area (TPSA) is 62.2 Å². The Morgan fingerprint density at radius 2 is 1.90 bits per heavy atom. The van der Waals surface area contributed by atoms with Gasteiger partial charge in [-0.2, -0.15) is 0 Å². The number of aliphatic hydroxyl groups excluding tert-OH is 1. The highest BCUT2D eigenvalue weighted by Crippen LogP contribution is 2.12. The molecule has 0 aromatic heterocycles. The lowest BCUT2D eigenvalue weighted by molar-refractivity contribution is 0.0255. The van der Waals surface area contributed by atoms with Gasteiger partial charge in [-0.3, -0.25) is 4.90 Å². The van der Waals surface area contributed by atoms with Crippen molar-refractivity contribution in [3.05, 3.63) is 0 Å². The van der Waals surface area contributed by atoms with Gasteiger partial charge in [-0.1, -0.05) is 0 Å². The van der Waals surface area contributed by atoms with Crippen LogP contribution in [0.2, 0.25) is 0 Å². The fourth-order valence-electron chi connectivity index (χ4n) is 2.06. The van der Waals surface area contributed by atoms with E-state index in [-0.39, 0.29) is 12.7 Å². The summed E-state index contributed by atoms with van der Waals surface area (Å²) in [6.07, 6.45) is 0.718. The number of carbonyl (C=O) groups is 1. The molecule has 1 amide bonds. The third kappa shape index (κ3) is 7.07. The van der Waals surface area contributed by atoms with Gasteiger partial charge in [0.2, 0.25) is 0 Å². The van der Waals surface area contributed by atoms with E-state index in [2.05, 4.69) is 4.90 Å². The van der Waals surface area contributed by atoms with E-state index in [0.717, 1.165) is 32.6 Å². The number of hydrogen-bond acceptors (Lipinski definition) is 5. The van der Waals surface area contributed by atoms with Gasteiger partial charge in [0.05, 0.1) is 19.8 Å². The zero-order valence-corrected chi connectivity index (χ0v) is 12.9. The molecule has 6 heteroatoms. The van der Waals surface area contributed by atoms with Crippen molar-refractivity contribution in [3.63, 3.8) is 0 Å². The van der Waals surface area contributed by atoms with Crippen LogP contribution in [-0.4, -0.2) is 79.1 Å². The number of rotatable bonds is 5. The predicted octanol–water partition coefficient (Wildman–Crippen LogP) is 0.938. The van der Waals surface area contributed by atoms with Crippen molar-refractivity contribution in [2.45, 2.75) is 32.8 Å². The predicted molar refractivity (Wildman–Crippen MR) is 76.8 cm³/mol. The molecule has 1 N–H and O–H groups in total. The van der Waals surface area contributed by atoms with Gasteiger partial charge in [-0.05, 0) is 33.7 Å². The molecule has 6 nitrogen and oxygen atoms in total. The van der Waals surface area contributed by atoms with Crippen molar-refractivity contribution in [2.75, 3.05) is 52.5 Å². The molecule has 1 saturated heterocycles. The van der Waals surface area contributed by atoms with E-state index in [4.69, 9.17) is 14.6 Å². The van der Waals surface area contributed by atoms with Crippen LogP contribution >= 0.6 is 0 Å². The fourth-order valence-corrected chi connectivity index (χ4v) is 2.06.